The fourth-order valence-corrected chi connectivity index (χ4v) is 3.27. The van der Waals surface area contributed by atoms with Gasteiger partial charge >= 0.3 is 0 Å². The fourth-order valence-electron chi connectivity index (χ4n) is 2.64. The number of nitrogens with zero attached hydrogens (tertiary/aromatic N) is 2. The van der Waals surface area contributed by atoms with E-state index >= 15 is 0 Å². The lowest BCUT2D eigenvalue weighted by atomic mass is 10.1. The first-order valence-corrected chi connectivity index (χ1v) is 8.12. The van der Waals surface area contributed by atoms with Gasteiger partial charge in [0.05, 0.1) is 23.1 Å². The molecule has 108 valence electrons. The Bertz CT molecular complexity index is 784. The topological polar surface area (TPSA) is 27.6 Å². The Morgan fingerprint density at radius 1 is 1.09 bits per heavy atom. The van der Waals surface area contributed by atoms with Gasteiger partial charge in [0.25, 0.3) is 0 Å². The largest absolute Gasteiger partial charge is 0.335 e. The third-order valence-electron chi connectivity index (χ3n) is 3.76. The molecule has 2 aliphatic rings. The predicted molar refractivity (Wildman–Crippen MR) is 95.4 cm³/mol. The third kappa shape index (κ3) is 2.38. The molecule has 2 aliphatic heterocycles. The number of rotatable bonds is 2. The Morgan fingerprint density at radius 3 is 2.95 bits per heavy atom. The second kappa shape index (κ2) is 5.66. The van der Waals surface area contributed by atoms with Crippen molar-refractivity contribution in [1.29, 1.82) is 0 Å². The van der Waals surface area contributed by atoms with Crippen molar-refractivity contribution in [1.82, 2.24) is 0 Å². The zero-order valence-electron chi connectivity index (χ0n) is 11.9. The maximum atomic E-state index is 4.60. The number of fused-ring (bicyclic) bond motifs is 1. The first kappa shape index (κ1) is 13.1. The average Bonchev–Trinajstić information content (AvgIpc) is 3.02. The molecule has 22 heavy (non-hydrogen) atoms. The highest BCUT2D eigenvalue weighted by atomic mass is 32.1. The van der Waals surface area contributed by atoms with E-state index in [4.69, 9.17) is 0 Å². The van der Waals surface area contributed by atoms with E-state index in [0.717, 1.165) is 17.0 Å². The van der Waals surface area contributed by atoms with Gasteiger partial charge in [-0.2, -0.15) is 16.4 Å². The normalized spacial score (nSPS) is 19.4. The standard InChI is InChI=1S/C18H15N3S/c1-2-6-16-14(5-1)8-9-17(20-19-16)18-7-3-4-11-21(18)15-10-12-22-13-15/h1-13,18-19H. The van der Waals surface area contributed by atoms with Crippen molar-refractivity contribution in [3.05, 3.63) is 77.2 Å². The summed E-state index contributed by atoms with van der Waals surface area (Å²) in [6, 6.07) is 10.4. The lowest BCUT2D eigenvalue weighted by molar-refractivity contribution is 0.964. The highest BCUT2D eigenvalue weighted by Gasteiger charge is 2.22. The van der Waals surface area contributed by atoms with Gasteiger partial charge in [0.15, 0.2) is 0 Å². The molecule has 3 nitrogen and oxygen atoms in total. The number of nitrogens with one attached hydrogen (secondary N) is 1. The number of hydrazone groups is 1. The molecule has 0 radical (unpaired) electrons. The van der Waals surface area contributed by atoms with E-state index in [1.165, 1.54) is 5.69 Å². The molecular weight excluding hydrogens is 290 g/mol. The lowest BCUT2D eigenvalue weighted by Crippen LogP contribution is -2.36. The first-order valence-electron chi connectivity index (χ1n) is 7.18. The molecule has 2 aromatic rings. The number of benzene rings is 1. The summed E-state index contributed by atoms with van der Waals surface area (Å²) in [5.74, 6) is 0. The smallest absolute Gasteiger partial charge is 0.0961 e. The number of thiophene rings is 1. The minimum absolute atomic E-state index is 0.0951. The first-order chi connectivity index (χ1) is 10.9. The number of allylic oxidation sites excluding steroid dienone is 2. The molecule has 1 atom stereocenters. The molecule has 0 saturated heterocycles. The van der Waals surface area contributed by atoms with Crippen molar-refractivity contribution in [3.63, 3.8) is 0 Å². The van der Waals surface area contributed by atoms with Crippen LogP contribution in [0, 0.1) is 0 Å². The van der Waals surface area contributed by atoms with Crippen LogP contribution in [0.4, 0.5) is 11.4 Å². The van der Waals surface area contributed by atoms with Crippen LogP contribution in [0.3, 0.4) is 0 Å². The van der Waals surface area contributed by atoms with Crippen molar-refractivity contribution in [3.8, 4) is 0 Å². The van der Waals surface area contributed by atoms with Gasteiger partial charge in [-0.15, -0.1) is 0 Å². The summed E-state index contributed by atoms with van der Waals surface area (Å²) in [4.78, 5) is 2.23. The van der Waals surface area contributed by atoms with E-state index in [-0.39, 0.29) is 6.04 Å². The minimum atomic E-state index is 0.0951. The molecule has 0 amide bonds. The lowest BCUT2D eigenvalue weighted by Gasteiger charge is -2.29. The highest BCUT2D eigenvalue weighted by Crippen LogP contribution is 2.26. The maximum Gasteiger partial charge on any atom is 0.0961 e. The molecule has 0 fully saturated rings. The molecule has 0 aliphatic carbocycles. The fraction of sp³-hybridized carbons (Fsp3) is 0.0556. The zero-order valence-corrected chi connectivity index (χ0v) is 12.7. The number of hydrogen-bond acceptors (Lipinski definition) is 4. The van der Waals surface area contributed by atoms with Crippen LogP contribution in [-0.2, 0) is 0 Å². The van der Waals surface area contributed by atoms with Gasteiger partial charge in [-0.3, -0.25) is 5.43 Å². The van der Waals surface area contributed by atoms with Crippen LogP contribution in [0.2, 0.25) is 0 Å². The summed E-state index contributed by atoms with van der Waals surface area (Å²) in [5, 5.41) is 8.85. The van der Waals surface area contributed by atoms with Crippen LogP contribution in [0.15, 0.2) is 76.7 Å². The molecule has 4 heteroatoms. The predicted octanol–water partition coefficient (Wildman–Crippen LogP) is 4.50. The zero-order chi connectivity index (χ0) is 14.8. The van der Waals surface area contributed by atoms with Gasteiger partial charge in [0, 0.05) is 11.6 Å². The molecule has 4 rings (SSSR count). The summed E-state index contributed by atoms with van der Waals surface area (Å²) < 4.78 is 0. The van der Waals surface area contributed by atoms with E-state index in [9.17, 15) is 0 Å². The Morgan fingerprint density at radius 2 is 2.05 bits per heavy atom. The summed E-state index contributed by atoms with van der Waals surface area (Å²) in [5.41, 5.74) is 7.54. The summed E-state index contributed by atoms with van der Waals surface area (Å²) in [7, 11) is 0. The van der Waals surface area contributed by atoms with Gasteiger partial charge in [-0.25, -0.2) is 0 Å². The monoisotopic (exact) mass is 305 g/mol. The Balaban J connectivity index is 1.68. The Hall–Kier alpha value is -2.59. The number of hydrogen-bond donors (Lipinski definition) is 1. The van der Waals surface area contributed by atoms with Crippen LogP contribution < -0.4 is 10.3 Å². The molecule has 0 saturated carbocycles. The molecule has 1 unspecified atom stereocenters. The van der Waals surface area contributed by atoms with Gasteiger partial charge < -0.3 is 4.90 Å². The Labute approximate surface area is 133 Å². The highest BCUT2D eigenvalue weighted by molar-refractivity contribution is 7.08. The van der Waals surface area contributed by atoms with E-state index in [2.05, 4.69) is 74.9 Å². The van der Waals surface area contributed by atoms with Gasteiger partial charge in [-0.1, -0.05) is 36.4 Å². The number of anilines is 2. The molecule has 0 bridgehead atoms. The molecule has 1 N–H and O–H groups in total. The van der Waals surface area contributed by atoms with Crippen LogP contribution >= 0.6 is 11.3 Å². The summed E-state index contributed by atoms with van der Waals surface area (Å²) >= 11 is 1.70. The van der Waals surface area contributed by atoms with Gasteiger partial charge in [0.2, 0.25) is 0 Å². The van der Waals surface area contributed by atoms with E-state index in [0.29, 0.717) is 0 Å². The molecule has 0 spiro atoms. The maximum absolute atomic E-state index is 4.60. The molecule has 1 aromatic carbocycles. The second-order valence-corrected chi connectivity index (χ2v) is 5.91. The van der Waals surface area contributed by atoms with Gasteiger partial charge in [0.1, 0.15) is 0 Å². The molecular formula is C18H15N3S. The Kier molecular flexibility index (Phi) is 3.37. The van der Waals surface area contributed by atoms with Gasteiger partial charge in [-0.05, 0) is 35.2 Å². The second-order valence-electron chi connectivity index (χ2n) is 5.13. The van der Waals surface area contributed by atoms with E-state index in [1.54, 1.807) is 11.3 Å². The van der Waals surface area contributed by atoms with Crippen molar-refractivity contribution >= 4 is 34.5 Å². The van der Waals surface area contributed by atoms with Crippen LogP contribution in [0.25, 0.3) is 6.08 Å². The minimum Gasteiger partial charge on any atom is -0.335 e. The SMILES string of the molecule is C1=CC(C2=NNc3ccccc3C=C2)N(c2ccsc2)C=C1. The van der Waals surface area contributed by atoms with Crippen molar-refractivity contribution < 1.29 is 0 Å². The quantitative estimate of drug-likeness (QED) is 0.884. The van der Waals surface area contributed by atoms with Crippen molar-refractivity contribution in [2.75, 3.05) is 10.3 Å². The molecule has 3 heterocycles. The molecule has 1 aromatic heterocycles. The van der Waals surface area contributed by atoms with Crippen molar-refractivity contribution in [2.45, 2.75) is 6.04 Å². The van der Waals surface area contributed by atoms with Crippen LogP contribution in [0.5, 0.6) is 0 Å². The van der Waals surface area contributed by atoms with E-state index in [1.807, 2.05) is 18.2 Å². The summed E-state index contributed by atoms with van der Waals surface area (Å²) in [6.45, 7) is 0. The average molecular weight is 305 g/mol. The summed E-state index contributed by atoms with van der Waals surface area (Å²) in [6.07, 6.45) is 12.6. The number of para-hydroxylation sites is 1. The van der Waals surface area contributed by atoms with E-state index < -0.39 is 0 Å². The van der Waals surface area contributed by atoms with Crippen LogP contribution in [0.1, 0.15) is 5.56 Å². The third-order valence-corrected chi connectivity index (χ3v) is 4.43. The van der Waals surface area contributed by atoms with Crippen molar-refractivity contribution in [2.24, 2.45) is 5.10 Å². The van der Waals surface area contributed by atoms with Crippen LogP contribution in [-0.4, -0.2) is 11.8 Å².